The van der Waals surface area contributed by atoms with Crippen molar-refractivity contribution in [3.8, 4) is 0 Å². The van der Waals surface area contributed by atoms with E-state index in [1.54, 1.807) is 6.07 Å². The molecule has 0 saturated heterocycles. The lowest BCUT2D eigenvalue weighted by Crippen LogP contribution is -2.08. The second-order valence-corrected chi connectivity index (χ2v) is 6.64. The summed E-state index contributed by atoms with van der Waals surface area (Å²) in [4.78, 5) is 0. The molecule has 0 spiro atoms. The van der Waals surface area contributed by atoms with Gasteiger partial charge in [-0.05, 0) is 49.3 Å². The van der Waals surface area contributed by atoms with E-state index in [0.29, 0.717) is 12.3 Å². The summed E-state index contributed by atoms with van der Waals surface area (Å²) in [6.45, 7) is 14.6. The molecule has 0 unspecified atom stereocenters. The van der Waals surface area contributed by atoms with Gasteiger partial charge in [0.05, 0.1) is 0 Å². The molecule has 0 aliphatic heterocycles. The molecule has 1 nitrogen and oxygen atoms in total. The Hall–Kier alpha value is -1.48. The van der Waals surface area contributed by atoms with Gasteiger partial charge < -0.3 is 5.48 Å². The highest BCUT2D eigenvalue weighted by atomic mass is 19.2. The van der Waals surface area contributed by atoms with Crippen molar-refractivity contribution >= 4 is 0 Å². The Labute approximate surface area is 165 Å². The van der Waals surface area contributed by atoms with Crippen molar-refractivity contribution < 1.29 is 14.3 Å². The first-order valence-corrected chi connectivity index (χ1v) is 10.3. The largest absolute Gasteiger partial charge is 0.412 e. The molecule has 1 aromatic rings. The zero-order chi connectivity index (χ0) is 19.9. The van der Waals surface area contributed by atoms with Gasteiger partial charge in [-0.3, -0.25) is 0 Å². The summed E-state index contributed by atoms with van der Waals surface area (Å²) in [5.74, 6) is -1.04. The number of unbranched alkanes of at least 4 members (excludes halogenated alkanes) is 2. The quantitative estimate of drug-likeness (QED) is 0.353. The number of allylic oxidation sites excluding steroid dienone is 3. The Bertz CT molecular complexity index is 541. The second kappa shape index (κ2) is 16.7. The van der Waals surface area contributed by atoms with Crippen LogP contribution in [-0.2, 0) is 6.42 Å². The van der Waals surface area contributed by atoms with Gasteiger partial charge >= 0.3 is 0 Å². The summed E-state index contributed by atoms with van der Waals surface area (Å²) >= 11 is 0. The minimum atomic E-state index is -0.782. The van der Waals surface area contributed by atoms with E-state index in [4.69, 9.17) is 0 Å². The Morgan fingerprint density at radius 1 is 1.00 bits per heavy atom. The highest BCUT2D eigenvalue weighted by molar-refractivity contribution is 5.29. The average Bonchev–Trinajstić information content (AvgIpc) is 2.66. The molecule has 0 bridgehead atoms. The molecular weight excluding hydrogens is 342 g/mol. The maximum atomic E-state index is 13.6. The average molecular weight is 383 g/mol. The van der Waals surface area contributed by atoms with Gasteiger partial charge in [-0.25, -0.2) is 8.78 Å². The third kappa shape index (κ3) is 11.1. The van der Waals surface area contributed by atoms with Gasteiger partial charge in [-0.15, -0.1) is 0 Å². The van der Waals surface area contributed by atoms with Crippen molar-refractivity contribution in [1.29, 1.82) is 0 Å². The first kappa shape index (κ1) is 27.7. The van der Waals surface area contributed by atoms with Crippen molar-refractivity contribution in [2.45, 2.75) is 86.0 Å². The van der Waals surface area contributed by atoms with Gasteiger partial charge in [0, 0.05) is 0 Å². The number of rotatable bonds is 11. The summed E-state index contributed by atoms with van der Waals surface area (Å²) in [5.41, 5.74) is 3.25. The standard InChI is InChI=1S/C22H32F2.C2H6.H2O/c1-5-8-10-19(11-9-6-2)20(14-17(4)7-3)15-18-12-13-21(23)22(24)16-18;1-2;/h12-14,16,19H,4-11,15H2,1-3H3;1-2H3;1H2/b20-14-;;. The maximum Gasteiger partial charge on any atom is 0.159 e. The van der Waals surface area contributed by atoms with Crippen LogP contribution in [0.4, 0.5) is 8.78 Å². The minimum absolute atomic E-state index is 0. The van der Waals surface area contributed by atoms with Crippen LogP contribution < -0.4 is 0 Å². The summed E-state index contributed by atoms with van der Waals surface area (Å²) in [5, 5.41) is 0. The summed E-state index contributed by atoms with van der Waals surface area (Å²) in [7, 11) is 0. The van der Waals surface area contributed by atoms with Gasteiger partial charge in [0.2, 0.25) is 0 Å². The molecule has 156 valence electrons. The van der Waals surface area contributed by atoms with Crippen LogP contribution in [-0.4, -0.2) is 5.48 Å². The zero-order valence-corrected chi connectivity index (χ0v) is 18.0. The fourth-order valence-corrected chi connectivity index (χ4v) is 2.98. The molecule has 0 aliphatic carbocycles. The molecule has 0 heterocycles. The van der Waals surface area contributed by atoms with Crippen LogP contribution >= 0.6 is 0 Å². The van der Waals surface area contributed by atoms with Crippen molar-refractivity contribution in [3.63, 3.8) is 0 Å². The van der Waals surface area contributed by atoms with Crippen LogP contribution in [0.25, 0.3) is 0 Å². The Morgan fingerprint density at radius 2 is 1.56 bits per heavy atom. The first-order valence-electron chi connectivity index (χ1n) is 10.3. The molecule has 27 heavy (non-hydrogen) atoms. The summed E-state index contributed by atoms with van der Waals surface area (Å²) in [6.07, 6.45) is 10.8. The van der Waals surface area contributed by atoms with Crippen molar-refractivity contribution in [2.24, 2.45) is 5.92 Å². The van der Waals surface area contributed by atoms with Crippen LogP contribution in [0, 0.1) is 17.6 Å². The van der Waals surface area contributed by atoms with E-state index < -0.39 is 11.6 Å². The molecule has 0 radical (unpaired) electrons. The number of benzene rings is 1. The lowest BCUT2D eigenvalue weighted by Gasteiger charge is -2.21. The molecule has 0 atom stereocenters. The van der Waals surface area contributed by atoms with Crippen LogP contribution in [0.3, 0.4) is 0 Å². The fourth-order valence-electron chi connectivity index (χ4n) is 2.98. The molecular formula is C24H40F2O. The van der Waals surface area contributed by atoms with Gasteiger partial charge in [-0.1, -0.05) is 90.2 Å². The normalized spacial score (nSPS) is 10.9. The molecule has 1 aromatic carbocycles. The van der Waals surface area contributed by atoms with Gasteiger partial charge in [-0.2, -0.15) is 0 Å². The first-order chi connectivity index (χ1) is 12.5. The highest BCUT2D eigenvalue weighted by Gasteiger charge is 2.15. The smallest absolute Gasteiger partial charge is 0.159 e. The monoisotopic (exact) mass is 382 g/mol. The van der Waals surface area contributed by atoms with Crippen LogP contribution in [0.15, 0.2) is 42.0 Å². The number of halogens is 2. The van der Waals surface area contributed by atoms with Gasteiger partial charge in [0.25, 0.3) is 0 Å². The molecule has 0 saturated carbocycles. The van der Waals surface area contributed by atoms with Crippen molar-refractivity contribution in [1.82, 2.24) is 0 Å². The van der Waals surface area contributed by atoms with E-state index in [-0.39, 0.29) is 5.48 Å². The predicted octanol–water partition coefficient (Wildman–Crippen LogP) is 7.60. The van der Waals surface area contributed by atoms with Crippen molar-refractivity contribution in [2.75, 3.05) is 0 Å². The van der Waals surface area contributed by atoms with E-state index >= 15 is 0 Å². The highest BCUT2D eigenvalue weighted by Crippen LogP contribution is 2.29. The van der Waals surface area contributed by atoms with Crippen LogP contribution in [0.2, 0.25) is 0 Å². The molecule has 0 aliphatic rings. The predicted molar refractivity (Wildman–Crippen MR) is 115 cm³/mol. The molecule has 0 aromatic heterocycles. The van der Waals surface area contributed by atoms with E-state index in [1.165, 1.54) is 43.4 Å². The van der Waals surface area contributed by atoms with Gasteiger partial charge in [0.1, 0.15) is 0 Å². The third-order valence-electron chi connectivity index (χ3n) is 4.57. The van der Waals surface area contributed by atoms with Crippen molar-refractivity contribution in [3.05, 3.63) is 59.2 Å². The van der Waals surface area contributed by atoms with Crippen LogP contribution in [0.5, 0.6) is 0 Å². The fraction of sp³-hybridized carbons (Fsp3) is 0.583. The minimum Gasteiger partial charge on any atom is -0.412 e. The van der Waals surface area contributed by atoms with E-state index in [1.807, 2.05) is 13.8 Å². The van der Waals surface area contributed by atoms with E-state index in [0.717, 1.165) is 30.4 Å². The SMILES string of the molecule is C=C(/C=C(/Cc1ccc(F)c(F)c1)C(CCCC)CCCC)CC.CC.O. The third-order valence-corrected chi connectivity index (χ3v) is 4.57. The molecule has 2 N–H and O–H groups in total. The summed E-state index contributed by atoms with van der Waals surface area (Å²) < 4.78 is 26.7. The molecule has 1 rings (SSSR count). The lowest BCUT2D eigenvalue weighted by molar-refractivity contribution is 0.467. The van der Waals surface area contributed by atoms with Gasteiger partial charge in [0.15, 0.2) is 11.6 Å². The zero-order valence-electron chi connectivity index (χ0n) is 18.0. The second-order valence-electron chi connectivity index (χ2n) is 6.64. The lowest BCUT2D eigenvalue weighted by atomic mass is 9.84. The Kier molecular flexibility index (Phi) is 17.1. The molecule has 0 fully saturated rings. The van der Waals surface area contributed by atoms with E-state index in [2.05, 4.69) is 33.4 Å². The number of hydrogen-bond donors (Lipinski definition) is 0. The molecule has 0 amide bonds. The summed E-state index contributed by atoms with van der Waals surface area (Å²) in [6, 6.07) is 4.25. The topological polar surface area (TPSA) is 31.5 Å². The van der Waals surface area contributed by atoms with Crippen LogP contribution in [0.1, 0.15) is 85.1 Å². The van der Waals surface area contributed by atoms with E-state index in [9.17, 15) is 8.78 Å². The maximum absolute atomic E-state index is 13.6. The molecule has 3 heteroatoms. The Morgan fingerprint density at radius 3 is 2.00 bits per heavy atom. The number of hydrogen-bond acceptors (Lipinski definition) is 0. The Balaban J connectivity index is 0.